The zero-order chi connectivity index (χ0) is 12.9. The molecule has 3 aromatic rings. The van der Waals surface area contributed by atoms with Gasteiger partial charge < -0.3 is 0 Å². The van der Waals surface area contributed by atoms with E-state index in [0.29, 0.717) is 0 Å². The molecule has 0 aliphatic rings. The van der Waals surface area contributed by atoms with Crippen LogP contribution in [0, 0.1) is 20.8 Å². The van der Waals surface area contributed by atoms with Gasteiger partial charge in [-0.2, -0.15) is 4.57 Å². The monoisotopic (exact) mass is 236 g/mol. The van der Waals surface area contributed by atoms with E-state index in [-0.39, 0.29) is 0 Å². The highest BCUT2D eigenvalue weighted by Crippen LogP contribution is 2.27. The van der Waals surface area contributed by atoms with Crippen LogP contribution in [0.5, 0.6) is 0 Å². The van der Waals surface area contributed by atoms with E-state index in [2.05, 4.69) is 68.8 Å². The average Bonchev–Trinajstić information content (AvgIpc) is 2.38. The summed E-state index contributed by atoms with van der Waals surface area (Å²) in [4.78, 5) is 0. The molecule has 0 atom stereocenters. The predicted molar refractivity (Wildman–Crippen MR) is 76.8 cm³/mol. The summed E-state index contributed by atoms with van der Waals surface area (Å²) < 4.78 is 2.25. The smallest absolute Gasteiger partial charge is 0.199 e. The Morgan fingerprint density at radius 1 is 0.722 bits per heavy atom. The maximum atomic E-state index is 2.25. The van der Waals surface area contributed by atoms with Crippen molar-refractivity contribution in [2.24, 2.45) is 7.05 Å². The van der Waals surface area contributed by atoms with E-state index >= 15 is 0 Å². The molecule has 0 saturated carbocycles. The first-order valence-corrected chi connectivity index (χ1v) is 6.38. The summed E-state index contributed by atoms with van der Waals surface area (Å²) >= 11 is 0. The SMILES string of the molecule is Cc1ccc2c(ccc3c2ccc(C)[n+]3C)c1C. The topological polar surface area (TPSA) is 3.88 Å². The predicted octanol–water partition coefficient (Wildman–Crippen LogP) is 3.74. The summed E-state index contributed by atoms with van der Waals surface area (Å²) in [6, 6.07) is 13.4. The fraction of sp³-hybridized carbons (Fsp3) is 0.235. The molecule has 1 aromatic heterocycles. The zero-order valence-electron chi connectivity index (χ0n) is 11.4. The van der Waals surface area contributed by atoms with Gasteiger partial charge in [0.25, 0.3) is 0 Å². The second-order valence-electron chi connectivity index (χ2n) is 5.13. The lowest BCUT2D eigenvalue weighted by atomic mass is 9.97. The Morgan fingerprint density at radius 2 is 1.39 bits per heavy atom. The maximum absolute atomic E-state index is 2.25. The fourth-order valence-electron chi connectivity index (χ4n) is 2.65. The molecule has 0 aliphatic carbocycles. The van der Waals surface area contributed by atoms with E-state index in [1.165, 1.54) is 38.5 Å². The molecule has 0 amide bonds. The lowest BCUT2D eigenvalue weighted by Gasteiger charge is -2.08. The fourth-order valence-corrected chi connectivity index (χ4v) is 2.65. The second kappa shape index (κ2) is 3.81. The standard InChI is InChI=1S/C17H18N/c1-11-5-7-15-14(13(11)3)9-10-17-16(15)8-6-12(2)18(17)4/h5-10H,1-4H3/q+1. The lowest BCUT2D eigenvalue weighted by molar-refractivity contribution is -0.651. The van der Waals surface area contributed by atoms with Gasteiger partial charge in [0.05, 0.1) is 5.39 Å². The van der Waals surface area contributed by atoms with E-state index in [9.17, 15) is 0 Å². The van der Waals surface area contributed by atoms with E-state index in [4.69, 9.17) is 0 Å². The van der Waals surface area contributed by atoms with Crippen LogP contribution in [0.25, 0.3) is 21.7 Å². The third-order valence-electron chi connectivity index (χ3n) is 4.14. The van der Waals surface area contributed by atoms with Crippen LogP contribution in [-0.4, -0.2) is 0 Å². The zero-order valence-corrected chi connectivity index (χ0v) is 11.4. The summed E-state index contributed by atoms with van der Waals surface area (Å²) in [5.74, 6) is 0. The first-order chi connectivity index (χ1) is 8.59. The molecule has 0 unspecified atom stereocenters. The second-order valence-corrected chi connectivity index (χ2v) is 5.13. The number of hydrogen-bond donors (Lipinski definition) is 0. The van der Waals surface area contributed by atoms with Crippen LogP contribution in [0.15, 0.2) is 36.4 Å². The molecule has 0 spiro atoms. The van der Waals surface area contributed by atoms with Crippen molar-refractivity contribution < 1.29 is 4.57 Å². The minimum absolute atomic E-state index is 1.28. The van der Waals surface area contributed by atoms with Crippen molar-refractivity contribution >= 4 is 21.7 Å². The number of benzene rings is 2. The van der Waals surface area contributed by atoms with Gasteiger partial charge in [0.2, 0.25) is 5.52 Å². The Labute approximate surface area is 108 Å². The Kier molecular flexibility index (Phi) is 2.37. The van der Waals surface area contributed by atoms with Crippen LogP contribution in [0.3, 0.4) is 0 Å². The number of aryl methyl sites for hydroxylation is 4. The van der Waals surface area contributed by atoms with E-state index in [1.54, 1.807) is 0 Å². The van der Waals surface area contributed by atoms with Crippen molar-refractivity contribution in [3.8, 4) is 0 Å². The van der Waals surface area contributed by atoms with Crippen molar-refractivity contribution in [1.29, 1.82) is 0 Å². The number of nitrogens with zero attached hydrogens (tertiary/aromatic N) is 1. The van der Waals surface area contributed by atoms with E-state index in [0.717, 1.165) is 0 Å². The quantitative estimate of drug-likeness (QED) is 0.413. The molecular weight excluding hydrogens is 218 g/mol. The molecule has 18 heavy (non-hydrogen) atoms. The van der Waals surface area contributed by atoms with Gasteiger partial charge in [-0.1, -0.05) is 12.1 Å². The highest BCUT2D eigenvalue weighted by Gasteiger charge is 2.11. The van der Waals surface area contributed by atoms with Gasteiger partial charge >= 0.3 is 0 Å². The van der Waals surface area contributed by atoms with Gasteiger partial charge in [0.1, 0.15) is 7.05 Å². The molecule has 0 radical (unpaired) electrons. The number of fused-ring (bicyclic) bond motifs is 3. The van der Waals surface area contributed by atoms with Crippen LogP contribution in [0.2, 0.25) is 0 Å². The van der Waals surface area contributed by atoms with E-state index in [1.807, 2.05) is 0 Å². The first kappa shape index (κ1) is 11.2. The first-order valence-electron chi connectivity index (χ1n) is 6.38. The van der Waals surface area contributed by atoms with Gasteiger partial charge in [0, 0.05) is 19.1 Å². The normalized spacial score (nSPS) is 11.3. The molecule has 0 bridgehead atoms. The summed E-state index contributed by atoms with van der Waals surface area (Å²) in [5.41, 5.74) is 5.33. The van der Waals surface area contributed by atoms with E-state index < -0.39 is 0 Å². The third-order valence-corrected chi connectivity index (χ3v) is 4.14. The molecule has 90 valence electrons. The van der Waals surface area contributed by atoms with Gasteiger partial charge in [-0.3, -0.25) is 0 Å². The van der Waals surface area contributed by atoms with Gasteiger partial charge in [-0.15, -0.1) is 0 Å². The van der Waals surface area contributed by atoms with Crippen molar-refractivity contribution in [2.45, 2.75) is 20.8 Å². The van der Waals surface area contributed by atoms with Crippen LogP contribution >= 0.6 is 0 Å². The molecule has 1 heterocycles. The van der Waals surface area contributed by atoms with Gasteiger partial charge in [-0.05, 0) is 47.9 Å². The third kappa shape index (κ3) is 1.43. The van der Waals surface area contributed by atoms with Crippen molar-refractivity contribution in [3.05, 3.63) is 53.2 Å². The average molecular weight is 236 g/mol. The Hall–Kier alpha value is -1.89. The molecule has 2 aromatic carbocycles. The molecule has 1 nitrogen and oxygen atoms in total. The summed E-state index contributed by atoms with van der Waals surface area (Å²) in [6.45, 7) is 6.52. The minimum Gasteiger partial charge on any atom is -0.199 e. The lowest BCUT2D eigenvalue weighted by Crippen LogP contribution is -2.32. The van der Waals surface area contributed by atoms with Crippen LogP contribution in [0.4, 0.5) is 0 Å². The molecule has 0 N–H and O–H groups in total. The molecule has 3 rings (SSSR count). The van der Waals surface area contributed by atoms with Crippen LogP contribution in [0.1, 0.15) is 16.8 Å². The Bertz CT molecular complexity index is 703. The van der Waals surface area contributed by atoms with Crippen LogP contribution < -0.4 is 4.57 Å². The van der Waals surface area contributed by atoms with Crippen molar-refractivity contribution in [2.75, 3.05) is 0 Å². The largest absolute Gasteiger partial charge is 0.213 e. The maximum Gasteiger partial charge on any atom is 0.213 e. The molecule has 0 saturated heterocycles. The molecular formula is C17H18N+. The number of pyridine rings is 1. The summed E-state index contributed by atoms with van der Waals surface area (Å²) in [5, 5.41) is 4.06. The Morgan fingerprint density at radius 3 is 2.17 bits per heavy atom. The summed E-state index contributed by atoms with van der Waals surface area (Å²) in [7, 11) is 2.13. The highest BCUT2D eigenvalue weighted by molar-refractivity contribution is 6.06. The number of hydrogen-bond acceptors (Lipinski definition) is 0. The van der Waals surface area contributed by atoms with Gasteiger partial charge in [0.15, 0.2) is 5.69 Å². The molecule has 1 heteroatoms. The molecule has 0 aliphatic heterocycles. The molecule has 0 fully saturated rings. The summed E-state index contributed by atoms with van der Waals surface area (Å²) in [6.07, 6.45) is 0. The highest BCUT2D eigenvalue weighted by atomic mass is 14.9. The van der Waals surface area contributed by atoms with Crippen LogP contribution in [-0.2, 0) is 7.05 Å². The number of rotatable bonds is 0. The van der Waals surface area contributed by atoms with Crippen molar-refractivity contribution in [1.82, 2.24) is 0 Å². The minimum atomic E-state index is 1.28. The Balaban J connectivity index is 2.56. The number of aromatic nitrogens is 1. The van der Waals surface area contributed by atoms with Crippen molar-refractivity contribution in [3.63, 3.8) is 0 Å². The van der Waals surface area contributed by atoms with Gasteiger partial charge in [-0.25, -0.2) is 0 Å².